The molecule has 0 aliphatic heterocycles. The molecule has 22 heavy (non-hydrogen) atoms. The number of benzene rings is 1. The van der Waals surface area contributed by atoms with Gasteiger partial charge < -0.3 is 15.8 Å². The SMILES string of the molecule is CC(C)OC(=O)CCN=C(N)Nc1cccc(C(C)C)c1.I. The van der Waals surface area contributed by atoms with E-state index < -0.39 is 0 Å². The maximum atomic E-state index is 11.4. The van der Waals surface area contributed by atoms with Crippen LogP contribution in [-0.4, -0.2) is 24.6 Å². The normalized spacial score (nSPS) is 11.3. The molecule has 5 nitrogen and oxygen atoms in total. The summed E-state index contributed by atoms with van der Waals surface area (Å²) in [5, 5.41) is 3.03. The lowest BCUT2D eigenvalue weighted by atomic mass is 10.0. The first kappa shape index (κ1) is 20.7. The van der Waals surface area contributed by atoms with Gasteiger partial charge in [0.25, 0.3) is 0 Å². The Balaban J connectivity index is 0.00000441. The van der Waals surface area contributed by atoms with Gasteiger partial charge in [0.15, 0.2) is 5.96 Å². The molecular formula is C16H26IN3O2. The summed E-state index contributed by atoms with van der Waals surface area (Å²) < 4.78 is 5.02. The molecule has 6 heteroatoms. The van der Waals surface area contributed by atoms with Crippen molar-refractivity contribution in [3.8, 4) is 0 Å². The van der Waals surface area contributed by atoms with Crippen LogP contribution >= 0.6 is 24.0 Å². The molecule has 0 aliphatic rings. The van der Waals surface area contributed by atoms with E-state index in [1.165, 1.54) is 5.56 Å². The molecule has 1 rings (SSSR count). The van der Waals surface area contributed by atoms with Crippen LogP contribution < -0.4 is 11.1 Å². The number of esters is 1. The molecule has 0 amide bonds. The van der Waals surface area contributed by atoms with E-state index >= 15 is 0 Å². The molecule has 0 unspecified atom stereocenters. The van der Waals surface area contributed by atoms with Crippen LogP contribution in [0.4, 0.5) is 5.69 Å². The third-order valence-electron chi connectivity index (χ3n) is 2.79. The van der Waals surface area contributed by atoms with Crippen LogP contribution in [0.2, 0.25) is 0 Å². The predicted molar refractivity (Wildman–Crippen MR) is 102 cm³/mol. The maximum Gasteiger partial charge on any atom is 0.307 e. The van der Waals surface area contributed by atoms with Gasteiger partial charge >= 0.3 is 5.97 Å². The van der Waals surface area contributed by atoms with E-state index in [-0.39, 0.29) is 42.5 Å². The zero-order chi connectivity index (χ0) is 15.8. The van der Waals surface area contributed by atoms with Crippen LogP contribution in [-0.2, 0) is 9.53 Å². The maximum absolute atomic E-state index is 11.4. The number of nitrogens with zero attached hydrogens (tertiary/aromatic N) is 1. The van der Waals surface area contributed by atoms with E-state index in [4.69, 9.17) is 10.5 Å². The van der Waals surface area contributed by atoms with Gasteiger partial charge in [0, 0.05) is 5.69 Å². The van der Waals surface area contributed by atoms with Crippen LogP contribution in [0, 0.1) is 0 Å². The molecule has 0 heterocycles. The first-order chi connectivity index (χ1) is 9.88. The van der Waals surface area contributed by atoms with E-state index in [1.807, 2.05) is 32.0 Å². The van der Waals surface area contributed by atoms with E-state index in [0.29, 0.717) is 18.4 Å². The fourth-order valence-corrected chi connectivity index (χ4v) is 1.75. The minimum Gasteiger partial charge on any atom is -0.463 e. The predicted octanol–water partition coefficient (Wildman–Crippen LogP) is 3.50. The summed E-state index contributed by atoms with van der Waals surface area (Å²) in [5.74, 6) is 0.493. The van der Waals surface area contributed by atoms with Gasteiger partial charge in [-0.1, -0.05) is 26.0 Å². The summed E-state index contributed by atoms with van der Waals surface area (Å²) in [5.41, 5.74) is 7.93. The fraction of sp³-hybridized carbons (Fsp3) is 0.500. The number of carbonyl (C=O) groups excluding carboxylic acids is 1. The van der Waals surface area contributed by atoms with E-state index in [9.17, 15) is 4.79 Å². The Kier molecular flexibility index (Phi) is 9.80. The molecule has 1 aromatic carbocycles. The Morgan fingerprint density at radius 1 is 1.32 bits per heavy atom. The summed E-state index contributed by atoms with van der Waals surface area (Å²) >= 11 is 0. The van der Waals surface area contributed by atoms with Gasteiger partial charge in [-0.15, -0.1) is 24.0 Å². The van der Waals surface area contributed by atoms with Crippen molar-refractivity contribution in [3.05, 3.63) is 29.8 Å². The molecule has 124 valence electrons. The lowest BCUT2D eigenvalue weighted by molar-refractivity contribution is -0.147. The molecule has 1 aromatic rings. The van der Waals surface area contributed by atoms with Gasteiger partial charge in [-0.3, -0.25) is 9.79 Å². The van der Waals surface area contributed by atoms with E-state index in [1.54, 1.807) is 0 Å². The van der Waals surface area contributed by atoms with Gasteiger partial charge in [-0.2, -0.15) is 0 Å². The summed E-state index contributed by atoms with van der Waals surface area (Å²) in [7, 11) is 0. The van der Waals surface area contributed by atoms with Crippen LogP contribution in [0.15, 0.2) is 29.3 Å². The molecular weight excluding hydrogens is 393 g/mol. The quantitative estimate of drug-likeness (QED) is 0.320. The van der Waals surface area contributed by atoms with Crippen molar-refractivity contribution < 1.29 is 9.53 Å². The number of anilines is 1. The number of halogens is 1. The van der Waals surface area contributed by atoms with E-state index in [2.05, 4.69) is 30.2 Å². The highest BCUT2D eigenvalue weighted by molar-refractivity contribution is 14.0. The highest BCUT2D eigenvalue weighted by atomic mass is 127. The molecule has 3 N–H and O–H groups in total. The van der Waals surface area contributed by atoms with Crippen molar-refractivity contribution in [1.82, 2.24) is 0 Å². The number of carbonyl (C=O) groups is 1. The average Bonchev–Trinajstić information content (AvgIpc) is 2.37. The van der Waals surface area contributed by atoms with E-state index in [0.717, 1.165) is 5.69 Å². The molecule has 0 saturated heterocycles. The third-order valence-corrected chi connectivity index (χ3v) is 2.79. The molecule has 0 spiro atoms. The number of nitrogens with one attached hydrogen (secondary N) is 1. The minimum atomic E-state index is -0.261. The number of hydrogen-bond acceptors (Lipinski definition) is 3. The Labute approximate surface area is 149 Å². The standard InChI is InChI=1S/C16H25N3O2.HI/c1-11(2)13-6-5-7-14(10-13)19-16(17)18-9-8-15(20)21-12(3)4;/h5-7,10-12H,8-9H2,1-4H3,(H3,17,18,19);1H. The molecule has 0 aliphatic carbocycles. The van der Waals surface area contributed by atoms with Gasteiger partial charge in [-0.05, 0) is 37.5 Å². The molecule has 0 atom stereocenters. The van der Waals surface area contributed by atoms with Crippen LogP contribution in [0.1, 0.15) is 45.6 Å². The summed E-state index contributed by atoms with van der Waals surface area (Å²) in [6, 6.07) is 8.03. The Morgan fingerprint density at radius 3 is 2.59 bits per heavy atom. The number of aliphatic imine (C=N–C) groups is 1. The number of hydrogen-bond donors (Lipinski definition) is 2. The Morgan fingerprint density at radius 2 is 2.00 bits per heavy atom. The lowest BCUT2D eigenvalue weighted by Crippen LogP contribution is -2.23. The average molecular weight is 419 g/mol. The second-order valence-electron chi connectivity index (χ2n) is 5.46. The summed E-state index contributed by atoms with van der Waals surface area (Å²) in [4.78, 5) is 15.5. The van der Waals surface area contributed by atoms with Crippen molar-refractivity contribution in [2.24, 2.45) is 10.7 Å². The van der Waals surface area contributed by atoms with Crippen molar-refractivity contribution >= 4 is 41.6 Å². The van der Waals surface area contributed by atoms with Crippen LogP contribution in [0.25, 0.3) is 0 Å². The molecule has 0 bridgehead atoms. The number of rotatable bonds is 6. The molecule has 0 radical (unpaired) electrons. The first-order valence-corrected chi connectivity index (χ1v) is 7.25. The number of guanidine groups is 1. The van der Waals surface area contributed by atoms with Crippen LogP contribution in [0.3, 0.4) is 0 Å². The monoisotopic (exact) mass is 419 g/mol. The Hall–Kier alpha value is -1.31. The minimum absolute atomic E-state index is 0. The molecule has 0 saturated carbocycles. The summed E-state index contributed by atoms with van der Waals surface area (Å²) in [6.45, 7) is 8.22. The molecule has 0 fully saturated rings. The zero-order valence-corrected chi connectivity index (χ0v) is 16.0. The van der Waals surface area contributed by atoms with Crippen molar-refractivity contribution in [2.75, 3.05) is 11.9 Å². The highest BCUT2D eigenvalue weighted by Gasteiger charge is 2.05. The van der Waals surface area contributed by atoms with Crippen LogP contribution in [0.5, 0.6) is 0 Å². The smallest absolute Gasteiger partial charge is 0.307 e. The zero-order valence-electron chi connectivity index (χ0n) is 13.6. The number of nitrogens with two attached hydrogens (primary N) is 1. The van der Waals surface area contributed by atoms with Crippen molar-refractivity contribution in [2.45, 2.75) is 46.1 Å². The number of ether oxygens (including phenoxy) is 1. The topological polar surface area (TPSA) is 76.7 Å². The van der Waals surface area contributed by atoms with Crippen molar-refractivity contribution in [1.29, 1.82) is 0 Å². The first-order valence-electron chi connectivity index (χ1n) is 7.25. The third kappa shape index (κ3) is 8.21. The highest BCUT2D eigenvalue weighted by Crippen LogP contribution is 2.18. The Bertz CT molecular complexity index is 502. The summed E-state index contributed by atoms with van der Waals surface area (Å²) in [6.07, 6.45) is 0.128. The second kappa shape index (κ2) is 10.4. The lowest BCUT2D eigenvalue weighted by Gasteiger charge is -2.10. The van der Waals surface area contributed by atoms with Gasteiger partial charge in [-0.25, -0.2) is 0 Å². The van der Waals surface area contributed by atoms with Gasteiger partial charge in [0.05, 0.1) is 19.1 Å². The van der Waals surface area contributed by atoms with Crippen molar-refractivity contribution in [3.63, 3.8) is 0 Å². The van der Waals surface area contributed by atoms with Gasteiger partial charge in [0.2, 0.25) is 0 Å². The molecule has 0 aromatic heterocycles. The fourth-order valence-electron chi connectivity index (χ4n) is 1.75. The van der Waals surface area contributed by atoms with Gasteiger partial charge in [0.1, 0.15) is 0 Å². The largest absolute Gasteiger partial charge is 0.463 e. The second-order valence-corrected chi connectivity index (χ2v) is 5.46.